The second-order valence-corrected chi connectivity index (χ2v) is 5.21. The molecule has 0 unspecified atom stereocenters. The molecule has 0 fully saturated rings. The second-order valence-electron chi connectivity index (χ2n) is 4.25. The molecular formula is C14H13FN2O3S. The molecule has 0 bridgehead atoms. The van der Waals surface area contributed by atoms with Crippen LogP contribution in [0.5, 0.6) is 5.75 Å². The Hall–Kier alpha value is -2.15. The van der Waals surface area contributed by atoms with Gasteiger partial charge in [-0.05, 0) is 25.1 Å². The Labute approximate surface area is 124 Å². The lowest BCUT2D eigenvalue weighted by Crippen LogP contribution is -2.10. The highest BCUT2D eigenvalue weighted by Crippen LogP contribution is 2.22. The molecule has 0 saturated carbocycles. The number of aryl methyl sites for hydroxylation is 1. The number of nitrogens with one attached hydrogen (secondary N) is 1. The van der Waals surface area contributed by atoms with Crippen LogP contribution in [0.3, 0.4) is 0 Å². The van der Waals surface area contributed by atoms with Crippen molar-refractivity contribution in [1.82, 2.24) is 9.97 Å². The minimum atomic E-state index is -0.508. The molecule has 0 radical (unpaired) electrons. The Kier molecular flexibility index (Phi) is 4.74. The molecule has 1 N–H and O–H groups in total. The Morgan fingerprint density at radius 1 is 1.43 bits per heavy atom. The van der Waals surface area contributed by atoms with Gasteiger partial charge in [-0.3, -0.25) is 9.59 Å². The highest BCUT2D eigenvalue weighted by molar-refractivity contribution is 7.99. The van der Waals surface area contributed by atoms with Gasteiger partial charge in [0.15, 0.2) is 10.9 Å². The lowest BCUT2D eigenvalue weighted by Gasteiger charge is -2.07. The van der Waals surface area contributed by atoms with Gasteiger partial charge >= 0.3 is 0 Å². The first-order valence-corrected chi connectivity index (χ1v) is 7.05. The van der Waals surface area contributed by atoms with Crippen molar-refractivity contribution in [2.45, 2.75) is 12.1 Å². The van der Waals surface area contributed by atoms with Crippen LogP contribution in [-0.4, -0.2) is 28.6 Å². The minimum Gasteiger partial charge on any atom is -0.496 e. The van der Waals surface area contributed by atoms with Gasteiger partial charge in [0.2, 0.25) is 0 Å². The molecule has 0 aliphatic heterocycles. The summed E-state index contributed by atoms with van der Waals surface area (Å²) in [6.45, 7) is 1.69. The molecule has 0 saturated heterocycles. The molecule has 5 nitrogen and oxygen atoms in total. The van der Waals surface area contributed by atoms with Crippen LogP contribution in [0.1, 0.15) is 16.1 Å². The largest absolute Gasteiger partial charge is 0.496 e. The van der Waals surface area contributed by atoms with Gasteiger partial charge in [-0.25, -0.2) is 9.37 Å². The smallest absolute Gasteiger partial charge is 0.251 e. The van der Waals surface area contributed by atoms with Gasteiger partial charge in [-0.15, -0.1) is 0 Å². The Morgan fingerprint density at radius 3 is 2.86 bits per heavy atom. The van der Waals surface area contributed by atoms with E-state index in [1.165, 1.54) is 25.3 Å². The lowest BCUT2D eigenvalue weighted by molar-refractivity contribution is 0.101. The highest BCUT2D eigenvalue weighted by atomic mass is 32.2. The summed E-state index contributed by atoms with van der Waals surface area (Å²) < 4.78 is 18.3. The SMILES string of the molecule is COc1ccc(F)cc1C(=O)CSc1nc(C)cc(=O)[nH]1. The van der Waals surface area contributed by atoms with Crippen LogP contribution in [0.25, 0.3) is 0 Å². The first-order chi connectivity index (χ1) is 9.99. The van der Waals surface area contributed by atoms with E-state index < -0.39 is 5.82 Å². The van der Waals surface area contributed by atoms with E-state index in [9.17, 15) is 14.0 Å². The quantitative estimate of drug-likeness (QED) is 0.521. The van der Waals surface area contributed by atoms with E-state index in [0.717, 1.165) is 17.8 Å². The molecule has 0 amide bonds. The Balaban J connectivity index is 2.15. The molecule has 110 valence electrons. The van der Waals surface area contributed by atoms with Crippen LogP contribution in [0.2, 0.25) is 0 Å². The molecule has 7 heteroatoms. The van der Waals surface area contributed by atoms with Crippen LogP contribution in [-0.2, 0) is 0 Å². The van der Waals surface area contributed by atoms with E-state index in [1.54, 1.807) is 6.92 Å². The van der Waals surface area contributed by atoms with E-state index in [1.807, 2.05) is 0 Å². The molecule has 0 atom stereocenters. The maximum atomic E-state index is 13.2. The minimum absolute atomic E-state index is 0.0200. The zero-order chi connectivity index (χ0) is 15.4. The van der Waals surface area contributed by atoms with Gasteiger partial charge < -0.3 is 9.72 Å². The summed E-state index contributed by atoms with van der Waals surface area (Å²) in [5.74, 6) is -0.480. The number of halogens is 1. The molecule has 1 aromatic carbocycles. The Morgan fingerprint density at radius 2 is 2.19 bits per heavy atom. The molecule has 1 aromatic heterocycles. The number of carbonyl (C=O) groups is 1. The second kappa shape index (κ2) is 6.53. The van der Waals surface area contributed by atoms with Crippen molar-refractivity contribution in [2.24, 2.45) is 0 Å². The molecule has 2 rings (SSSR count). The predicted octanol–water partition coefficient (Wildman–Crippen LogP) is 2.20. The first-order valence-electron chi connectivity index (χ1n) is 6.07. The number of thioether (sulfide) groups is 1. The van der Waals surface area contributed by atoms with Crippen molar-refractivity contribution in [2.75, 3.05) is 12.9 Å². The zero-order valence-corrected chi connectivity index (χ0v) is 12.3. The molecule has 21 heavy (non-hydrogen) atoms. The monoisotopic (exact) mass is 308 g/mol. The van der Waals surface area contributed by atoms with Crippen LogP contribution in [0.4, 0.5) is 4.39 Å². The molecule has 0 aliphatic carbocycles. The van der Waals surface area contributed by atoms with Crippen molar-refractivity contribution in [1.29, 1.82) is 0 Å². The highest BCUT2D eigenvalue weighted by Gasteiger charge is 2.14. The van der Waals surface area contributed by atoms with E-state index in [4.69, 9.17) is 4.74 Å². The van der Waals surface area contributed by atoms with Crippen molar-refractivity contribution in [3.63, 3.8) is 0 Å². The number of H-pyrrole nitrogens is 1. The number of rotatable bonds is 5. The first kappa shape index (κ1) is 15.2. The van der Waals surface area contributed by atoms with E-state index in [2.05, 4.69) is 9.97 Å². The number of methoxy groups -OCH3 is 1. The van der Waals surface area contributed by atoms with Crippen molar-refractivity contribution in [3.8, 4) is 5.75 Å². The fourth-order valence-corrected chi connectivity index (χ4v) is 2.53. The normalized spacial score (nSPS) is 10.4. The summed E-state index contributed by atoms with van der Waals surface area (Å²) >= 11 is 1.08. The number of Topliss-reactive ketones (excluding diaryl/α,β-unsaturated/α-hetero) is 1. The molecular weight excluding hydrogens is 295 g/mol. The molecule has 1 heterocycles. The average Bonchev–Trinajstić information content (AvgIpc) is 2.43. The van der Waals surface area contributed by atoms with Gasteiger partial charge in [0.1, 0.15) is 11.6 Å². The number of hydrogen-bond acceptors (Lipinski definition) is 5. The fraction of sp³-hybridized carbons (Fsp3) is 0.214. The maximum absolute atomic E-state index is 13.2. The average molecular weight is 308 g/mol. The number of carbonyl (C=O) groups excluding carboxylic acids is 1. The number of hydrogen-bond donors (Lipinski definition) is 1. The summed E-state index contributed by atoms with van der Waals surface area (Å²) in [6.07, 6.45) is 0. The molecule has 0 spiro atoms. The predicted molar refractivity (Wildman–Crippen MR) is 77.6 cm³/mol. The van der Waals surface area contributed by atoms with Crippen LogP contribution < -0.4 is 10.3 Å². The van der Waals surface area contributed by atoms with Gasteiger partial charge in [-0.1, -0.05) is 11.8 Å². The standard InChI is InChI=1S/C14H13FN2O3S/c1-8-5-13(19)17-14(16-8)21-7-11(18)10-6-9(15)3-4-12(10)20-2/h3-6H,7H2,1-2H3,(H,16,17,19). The van der Waals surface area contributed by atoms with Gasteiger partial charge in [0.05, 0.1) is 18.4 Å². The van der Waals surface area contributed by atoms with Crippen molar-refractivity contribution >= 4 is 17.5 Å². The number of benzene rings is 1. The fourth-order valence-electron chi connectivity index (χ4n) is 1.73. The zero-order valence-electron chi connectivity index (χ0n) is 11.5. The lowest BCUT2D eigenvalue weighted by atomic mass is 10.1. The summed E-state index contributed by atoms with van der Waals surface area (Å²) in [5, 5.41) is 0.351. The maximum Gasteiger partial charge on any atom is 0.251 e. The third kappa shape index (κ3) is 3.91. The molecule has 2 aromatic rings. The van der Waals surface area contributed by atoms with Gasteiger partial charge in [-0.2, -0.15) is 0 Å². The van der Waals surface area contributed by atoms with Crippen LogP contribution >= 0.6 is 11.8 Å². The third-order valence-electron chi connectivity index (χ3n) is 2.65. The van der Waals surface area contributed by atoms with Crippen LogP contribution in [0, 0.1) is 12.7 Å². The summed E-state index contributed by atoms with van der Waals surface area (Å²) in [6, 6.07) is 5.12. The van der Waals surface area contributed by atoms with E-state index in [-0.39, 0.29) is 22.7 Å². The van der Waals surface area contributed by atoms with Gasteiger partial charge in [0, 0.05) is 11.8 Å². The number of nitrogens with zero attached hydrogens (tertiary/aromatic N) is 1. The third-order valence-corrected chi connectivity index (χ3v) is 3.52. The number of ether oxygens (including phenoxy) is 1. The number of aromatic nitrogens is 2. The van der Waals surface area contributed by atoms with Crippen molar-refractivity contribution in [3.05, 3.63) is 51.7 Å². The van der Waals surface area contributed by atoms with Gasteiger partial charge in [0.25, 0.3) is 5.56 Å². The summed E-state index contributed by atoms with van der Waals surface area (Å²) in [7, 11) is 1.41. The van der Waals surface area contributed by atoms with Crippen molar-refractivity contribution < 1.29 is 13.9 Å². The molecule has 0 aliphatic rings. The van der Waals surface area contributed by atoms with E-state index in [0.29, 0.717) is 16.6 Å². The topological polar surface area (TPSA) is 72.0 Å². The van der Waals surface area contributed by atoms with E-state index >= 15 is 0 Å². The number of ketones is 1. The number of aromatic amines is 1. The Bertz CT molecular complexity index is 730. The summed E-state index contributed by atoms with van der Waals surface area (Å²) in [5.41, 5.74) is 0.456. The summed E-state index contributed by atoms with van der Waals surface area (Å²) in [4.78, 5) is 30.1. The van der Waals surface area contributed by atoms with Crippen LogP contribution in [0.15, 0.2) is 34.2 Å².